The topological polar surface area (TPSA) is 78.6 Å². The number of hydrogen-bond acceptors (Lipinski definition) is 6. The van der Waals surface area contributed by atoms with E-state index in [9.17, 15) is 8.42 Å². The summed E-state index contributed by atoms with van der Waals surface area (Å²) in [5.74, 6) is 1.23. The maximum absolute atomic E-state index is 11.4. The molecule has 0 saturated heterocycles. The molecule has 0 aliphatic carbocycles. The van der Waals surface area contributed by atoms with E-state index in [1.165, 1.54) is 7.11 Å². The maximum atomic E-state index is 11.4. The van der Waals surface area contributed by atoms with Crippen LogP contribution in [0.3, 0.4) is 0 Å². The van der Waals surface area contributed by atoms with Crippen LogP contribution in [0.4, 0.5) is 0 Å². The molecule has 0 aliphatic heterocycles. The second-order valence-corrected chi connectivity index (χ2v) is 7.83. The van der Waals surface area contributed by atoms with E-state index < -0.39 is 10.1 Å². The largest absolute Gasteiger partial charge is 0.496 e. The monoisotopic (exact) mass is 383 g/mol. The minimum Gasteiger partial charge on any atom is -0.496 e. The Kier molecular flexibility index (Phi) is 4.33. The van der Waals surface area contributed by atoms with Gasteiger partial charge in [-0.25, -0.2) is 0 Å². The van der Waals surface area contributed by atoms with E-state index in [-0.39, 0.29) is 6.61 Å². The predicted octanol–water partition coefficient (Wildman–Crippen LogP) is 4.13. The van der Waals surface area contributed by atoms with Crippen molar-refractivity contribution in [3.63, 3.8) is 0 Å². The molecule has 0 unspecified atom stereocenters. The zero-order valence-corrected chi connectivity index (χ0v) is 15.6. The molecule has 6 nitrogen and oxygen atoms in total. The van der Waals surface area contributed by atoms with Crippen molar-refractivity contribution in [3.05, 3.63) is 60.4 Å². The van der Waals surface area contributed by atoms with E-state index in [4.69, 9.17) is 13.3 Å². The molecule has 0 aliphatic rings. The first-order chi connectivity index (χ1) is 12.9. The first-order valence-electron chi connectivity index (χ1n) is 8.22. The van der Waals surface area contributed by atoms with Crippen molar-refractivity contribution in [2.24, 2.45) is 0 Å². The molecule has 4 rings (SSSR count). The first kappa shape index (κ1) is 17.5. The average molecular weight is 383 g/mol. The van der Waals surface area contributed by atoms with Gasteiger partial charge in [-0.15, -0.1) is 0 Å². The molecular weight excluding hydrogens is 366 g/mol. The van der Waals surface area contributed by atoms with Crippen LogP contribution in [0.1, 0.15) is 5.56 Å². The van der Waals surface area contributed by atoms with Crippen LogP contribution < -0.4 is 4.74 Å². The van der Waals surface area contributed by atoms with Crippen molar-refractivity contribution in [2.45, 2.75) is 6.61 Å². The molecule has 2 heterocycles. The highest BCUT2D eigenvalue weighted by atomic mass is 32.2. The summed E-state index contributed by atoms with van der Waals surface area (Å²) in [6.45, 7) is -0.111. The van der Waals surface area contributed by atoms with E-state index in [0.29, 0.717) is 17.1 Å². The second kappa shape index (κ2) is 6.68. The van der Waals surface area contributed by atoms with Gasteiger partial charge in [-0.05, 0) is 29.7 Å². The van der Waals surface area contributed by atoms with E-state index in [1.54, 1.807) is 12.4 Å². The zero-order chi connectivity index (χ0) is 19.0. The van der Waals surface area contributed by atoms with Crippen LogP contribution in [-0.4, -0.2) is 26.8 Å². The Bertz CT molecular complexity index is 1210. The quantitative estimate of drug-likeness (QED) is 0.482. The zero-order valence-electron chi connectivity index (χ0n) is 14.8. The molecule has 2 aromatic heterocycles. The van der Waals surface area contributed by atoms with Crippen molar-refractivity contribution in [2.75, 3.05) is 13.4 Å². The molecule has 0 radical (unpaired) electrons. The minimum absolute atomic E-state index is 0.111. The van der Waals surface area contributed by atoms with Crippen molar-refractivity contribution >= 4 is 31.9 Å². The Hall–Kier alpha value is -2.90. The Balaban J connectivity index is 1.88. The van der Waals surface area contributed by atoms with E-state index >= 15 is 0 Å². The van der Waals surface area contributed by atoms with Gasteiger partial charge in [0.1, 0.15) is 17.1 Å². The smallest absolute Gasteiger partial charge is 0.264 e. The Labute approximate surface area is 156 Å². The van der Waals surface area contributed by atoms with Gasteiger partial charge in [0.25, 0.3) is 10.1 Å². The molecule has 0 saturated carbocycles. The number of furan rings is 1. The number of ether oxygens (including phenoxy) is 1. The molecular formula is C20H17NO5S. The molecule has 0 amide bonds. The van der Waals surface area contributed by atoms with Gasteiger partial charge in [-0.2, -0.15) is 8.42 Å². The molecule has 0 spiro atoms. The first-order valence-corrected chi connectivity index (χ1v) is 10.0. The van der Waals surface area contributed by atoms with Crippen molar-refractivity contribution in [3.8, 4) is 17.1 Å². The molecule has 0 fully saturated rings. The molecule has 0 bridgehead atoms. The summed E-state index contributed by atoms with van der Waals surface area (Å²) in [7, 11) is -2.04. The summed E-state index contributed by atoms with van der Waals surface area (Å²) in [4.78, 5) is 4.31. The van der Waals surface area contributed by atoms with E-state index in [2.05, 4.69) is 4.98 Å². The molecule has 4 aromatic rings. The van der Waals surface area contributed by atoms with Crippen molar-refractivity contribution in [1.29, 1.82) is 0 Å². The fourth-order valence-electron chi connectivity index (χ4n) is 3.03. The van der Waals surface area contributed by atoms with Gasteiger partial charge in [0.05, 0.1) is 20.0 Å². The van der Waals surface area contributed by atoms with Crippen molar-refractivity contribution in [1.82, 2.24) is 4.98 Å². The summed E-state index contributed by atoms with van der Waals surface area (Å²) >= 11 is 0. The summed E-state index contributed by atoms with van der Waals surface area (Å²) < 4.78 is 39.0. The number of methoxy groups -OCH3 is 1. The summed E-state index contributed by atoms with van der Waals surface area (Å²) in [6.07, 6.45) is 4.48. The number of aromatic nitrogens is 1. The van der Waals surface area contributed by atoms with Gasteiger partial charge < -0.3 is 9.15 Å². The van der Waals surface area contributed by atoms with Gasteiger partial charge >= 0.3 is 0 Å². The third-order valence-corrected chi connectivity index (χ3v) is 4.83. The molecule has 27 heavy (non-hydrogen) atoms. The highest BCUT2D eigenvalue weighted by Gasteiger charge is 2.14. The summed E-state index contributed by atoms with van der Waals surface area (Å²) in [5, 5.41) is 2.73. The number of nitrogens with zero attached hydrogens (tertiary/aromatic N) is 1. The van der Waals surface area contributed by atoms with Crippen molar-refractivity contribution < 1.29 is 21.8 Å². The highest BCUT2D eigenvalue weighted by Crippen LogP contribution is 2.35. The molecule has 0 N–H and O–H groups in total. The summed E-state index contributed by atoms with van der Waals surface area (Å²) in [5.41, 5.74) is 2.23. The number of para-hydroxylation sites is 1. The van der Waals surface area contributed by atoms with E-state index in [0.717, 1.165) is 33.6 Å². The Morgan fingerprint density at radius 1 is 1.07 bits per heavy atom. The fourth-order valence-corrected chi connectivity index (χ4v) is 3.37. The fraction of sp³-hybridized carbons (Fsp3) is 0.150. The van der Waals surface area contributed by atoms with Crippen LogP contribution in [0.2, 0.25) is 0 Å². The van der Waals surface area contributed by atoms with Crippen LogP contribution in [0.5, 0.6) is 5.75 Å². The Morgan fingerprint density at radius 3 is 2.63 bits per heavy atom. The van der Waals surface area contributed by atoms with Crippen LogP contribution in [0.25, 0.3) is 33.1 Å². The van der Waals surface area contributed by atoms with Gasteiger partial charge in [-0.1, -0.05) is 18.2 Å². The molecule has 138 valence electrons. The van der Waals surface area contributed by atoms with Gasteiger partial charge in [0, 0.05) is 34.3 Å². The average Bonchev–Trinajstić information content (AvgIpc) is 3.08. The van der Waals surface area contributed by atoms with Crippen LogP contribution in [0.15, 0.2) is 59.3 Å². The number of benzene rings is 2. The normalized spacial score (nSPS) is 11.9. The van der Waals surface area contributed by atoms with Gasteiger partial charge in [0.2, 0.25) is 0 Å². The third-order valence-electron chi connectivity index (χ3n) is 4.28. The Morgan fingerprint density at radius 2 is 1.89 bits per heavy atom. The SMILES string of the molecule is COc1cc2cncc(-c3cc4ccccc4o3)c2cc1COS(C)(=O)=O. The van der Waals surface area contributed by atoms with Crippen LogP contribution in [0, 0.1) is 0 Å². The maximum Gasteiger partial charge on any atom is 0.264 e. The third kappa shape index (κ3) is 3.51. The van der Waals surface area contributed by atoms with E-state index in [1.807, 2.05) is 42.5 Å². The lowest BCUT2D eigenvalue weighted by Crippen LogP contribution is -2.04. The lowest BCUT2D eigenvalue weighted by atomic mass is 10.0. The standard InChI is InChI=1S/C20H17NO5S/c1-24-19-9-14-10-21-11-17(16(14)7-15(19)12-25-27(2,22)23)20-8-13-5-3-4-6-18(13)26-20/h3-11H,12H2,1-2H3. The van der Waals surface area contributed by atoms with Crippen LogP contribution >= 0.6 is 0 Å². The minimum atomic E-state index is -3.57. The number of rotatable bonds is 5. The lowest BCUT2D eigenvalue weighted by Gasteiger charge is -2.12. The number of fused-ring (bicyclic) bond motifs is 2. The number of hydrogen-bond donors (Lipinski definition) is 0. The predicted molar refractivity (Wildman–Crippen MR) is 103 cm³/mol. The number of pyridine rings is 1. The van der Waals surface area contributed by atoms with Gasteiger partial charge in [-0.3, -0.25) is 9.17 Å². The summed E-state index contributed by atoms with van der Waals surface area (Å²) in [6, 6.07) is 13.4. The highest BCUT2D eigenvalue weighted by molar-refractivity contribution is 7.85. The molecule has 7 heteroatoms. The van der Waals surface area contributed by atoms with Crippen LogP contribution in [-0.2, 0) is 20.9 Å². The lowest BCUT2D eigenvalue weighted by molar-refractivity contribution is 0.303. The van der Waals surface area contributed by atoms with Gasteiger partial charge in [0.15, 0.2) is 0 Å². The molecule has 2 aromatic carbocycles. The second-order valence-electron chi connectivity index (χ2n) is 6.19. The molecule has 0 atom stereocenters.